The molecule has 2 heterocycles. The number of hydrogen-bond donors (Lipinski definition) is 2. The van der Waals surface area contributed by atoms with Crippen molar-refractivity contribution >= 4 is 16.6 Å². The first kappa shape index (κ1) is 7.76. The Bertz CT molecular complexity index is 479. The van der Waals surface area contributed by atoms with Crippen molar-refractivity contribution in [3.05, 3.63) is 36.0 Å². The Morgan fingerprint density at radius 3 is 3.21 bits per heavy atom. The minimum Gasteiger partial charge on any atom is -0.372 e. The topological polar surface area (TPSA) is 37.0 Å². The minimum atomic E-state index is 0.834. The first-order chi connectivity index (χ1) is 6.95. The number of rotatable bonds is 0. The van der Waals surface area contributed by atoms with E-state index in [1.807, 2.05) is 12.3 Å². The van der Waals surface area contributed by atoms with Crippen LogP contribution in [0.5, 0.6) is 0 Å². The van der Waals surface area contributed by atoms with Crippen LogP contribution in [0.25, 0.3) is 10.9 Å². The van der Waals surface area contributed by atoms with Gasteiger partial charge in [0.25, 0.3) is 0 Å². The molecule has 0 amide bonds. The van der Waals surface area contributed by atoms with Crippen molar-refractivity contribution in [3.63, 3.8) is 0 Å². The Balaban J connectivity index is 2.34. The molecule has 2 N–H and O–H groups in total. The van der Waals surface area contributed by atoms with E-state index in [0.717, 1.165) is 18.7 Å². The van der Waals surface area contributed by atoms with Crippen LogP contribution in [0.4, 0.5) is 5.69 Å². The lowest BCUT2D eigenvalue weighted by molar-refractivity contribution is 0.711. The third kappa shape index (κ3) is 1.06. The van der Waals surface area contributed by atoms with Crippen molar-refractivity contribution in [2.75, 3.05) is 12.0 Å². The van der Waals surface area contributed by atoms with E-state index in [2.05, 4.69) is 33.8 Å². The van der Waals surface area contributed by atoms with Gasteiger partial charge in [0.05, 0.1) is 12.2 Å². The van der Waals surface area contributed by atoms with Gasteiger partial charge in [-0.25, -0.2) is 0 Å². The molecule has 0 bridgehead atoms. The average Bonchev–Trinajstić information content (AvgIpc) is 2.29. The Morgan fingerprint density at radius 1 is 1.21 bits per heavy atom. The van der Waals surface area contributed by atoms with E-state index in [0.29, 0.717) is 0 Å². The molecule has 0 aliphatic carbocycles. The van der Waals surface area contributed by atoms with E-state index in [4.69, 9.17) is 0 Å². The molecule has 70 valence electrons. The molecule has 1 aromatic carbocycles. The number of nitrogens with zero attached hydrogens (tertiary/aromatic N) is 1. The summed E-state index contributed by atoms with van der Waals surface area (Å²) in [6.45, 7) is 1.77. The van der Waals surface area contributed by atoms with Crippen molar-refractivity contribution in [3.8, 4) is 0 Å². The van der Waals surface area contributed by atoms with Gasteiger partial charge in [-0.15, -0.1) is 0 Å². The first-order valence-electron chi connectivity index (χ1n) is 4.76. The van der Waals surface area contributed by atoms with Gasteiger partial charge < -0.3 is 5.32 Å². The molecule has 0 unspecified atom stereocenters. The maximum atomic E-state index is 4.33. The van der Waals surface area contributed by atoms with E-state index in [9.17, 15) is 0 Å². The smallest absolute Gasteiger partial charge is 0.0722 e. The van der Waals surface area contributed by atoms with Gasteiger partial charge in [-0.05, 0) is 23.8 Å². The molecule has 2 aromatic rings. The summed E-state index contributed by atoms with van der Waals surface area (Å²) in [5, 5.41) is 7.84. The second-order valence-electron chi connectivity index (χ2n) is 3.45. The fourth-order valence-electron chi connectivity index (χ4n) is 1.90. The minimum absolute atomic E-state index is 0.834. The Kier molecular flexibility index (Phi) is 1.64. The quantitative estimate of drug-likeness (QED) is 0.656. The molecule has 0 radical (unpaired) electrons. The molecule has 1 aliphatic rings. The lowest BCUT2D eigenvalue weighted by Crippen LogP contribution is -2.27. The molecule has 0 saturated carbocycles. The molecular formula is C11H11N3. The van der Waals surface area contributed by atoms with Crippen LogP contribution in [0.2, 0.25) is 0 Å². The Labute approximate surface area is 82.2 Å². The largest absolute Gasteiger partial charge is 0.372 e. The van der Waals surface area contributed by atoms with E-state index in [-0.39, 0.29) is 0 Å². The SMILES string of the molecule is c1cnc2ccc3c(c2c1)NCNC3. The molecule has 3 rings (SSSR count). The summed E-state index contributed by atoms with van der Waals surface area (Å²) in [4.78, 5) is 4.33. The second kappa shape index (κ2) is 2.96. The highest BCUT2D eigenvalue weighted by Crippen LogP contribution is 2.27. The van der Waals surface area contributed by atoms with Crippen molar-refractivity contribution in [2.45, 2.75) is 6.54 Å². The number of anilines is 1. The molecule has 3 nitrogen and oxygen atoms in total. The van der Waals surface area contributed by atoms with Crippen LogP contribution in [0.15, 0.2) is 30.5 Å². The summed E-state index contributed by atoms with van der Waals surface area (Å²) in [6, 6.07) is 8.29. The van der Waals surface area contributed by atoms with E-state index in [1.54, 1.807) is 0 Å². The summed E-state index contributed by atoms with van der Waals surface area (Å²) in [5.41, 5.74) is 3.60. The van der Waals surface area contributed by atoms with Gasteiger partial charge in [-0.2, -0.15) is 0 Å². The third-order valence-electron chi connectivity index (χ3n) is 2.58. The number of hydrogen-bond acceptors (Lipinski definition) is 3. The van der Waals surface area contributed by atoms with Crippen LogP contribution < -0.4 is 10.6 Å². The highest BCUT2D eigenvalue weighted by atomic mass is 15.1. The molecule has 1 aliphatic heterocycles. The summed E-state index contributed by atoms with van der Waals surface area (Å²) >= 11 is 0. The van der Waals surface area contributed by atoms with Gasteiger partial charge in [0.2, 0.25) is 0 Å². The zero-order valence-corrected chi connectivity index (χ0v) is 7.75. The van der Waals surface area contributed by atoms with Crippen LogP contribution in [0.1, 0.15) is 5.56 Å². The van der Waals surface area contributed by atoms with Gasteiger partial charge in [0, 0.05) is 23.8 Å². The summed E-state index contributed by atoms with van der Waals surface area (Å²) < 4.78 is 0. The number of benzene rings is 1. The number of pyridine rings is 1. The molecule has 0 fully saturated rings. The fourth-order valence-corrected chi connectivity index (χ4v) is 1.90. The molecule has 0 saturated heterocycles. The highest BCUT2D eigenvalue weighted by Gasteiger charge is 2.10. The maximum absolute atomic E-state index is 4.33. The summed E-state index contributed by atoms with van der Waals surface area (Å²) in [5.74, 6) is 0. The highest BCUT2D eigenvalue weighted by molar-refractivity contribution is 5.93. The van der Waals surface area contributed by atoms with Crippen molar-refractivity contribution in [1.29, 1.82) is 0 Å². The zero-order valence-electron chi connectivity index (χ0n) is 7.75. The van der Waals surface area contributed by atoms with Crippen molar-refractivity contribution < 1.29 is 0 Å². The van der Waals surface area contributed by atoms with Crippen LogP contribution in [0, 0.1) is 0 Å². The van der Waals surface area contributed by atoms with E-state index in [1.165, 1.54) is 16.6 Å². The normalized spacial score (nSPS) is 14.9. The van der Waals surface area contributed by atoms with Crippen LogP contribution in [0.3, 0.4) is 0 Å². The van der Waals surface area contributed by atoms with E-state index >= 15 is 0 Å². The molecular weight excluding hydrogens is 174 g/mol. The lowest BCUT2D eigenvalue weighted by Gasteiger charge is -2.20. The van der Waals surface area contributed by atoms with Gasteiger partial charge in [-0.3, -0.25) is 10.3 Å². The van der Waals surface area contributed by atoms with Crippen molar-refractivity contribution in [1.82, 2.24) is 10.3 Å². The predicted molar refractivity (Wildman–Crippen MR) is 57.1 cm³/mol. The van der Waals surface area contributed by atoms with Crippen molar-refractivity contribution in [2.24, 2.45) is 0 Å². The third-order valence-corrected chi connectivity index (χ3v) is 2.58. The molecule has 1 aromatic heterocycles. The first-order valence-corrected chi connectivity index (χ1v) is 4.76. The molecule has 0 atom stereocenters. The summed E-state index contributed by atoms with van der Waals surface area (Å²) in [7, 11) is 0. The summed E-state index contributed by atoms with van der Waals surface area (Å²) in [6.07, 6.45) is 1.83. The maximum Gasteiger partial charge on any atom is 0.0722 e. The zero-order chi connectivity index (χ0) is 9.38. The van der Waals surface area contributed by atoms with Gasteiger partial charge in [-0.1, -0.05) is 6.07 Å². The van der Waals surface area contributed by atoms with Crippen LogP contribution in [-0.2, 0) is 6.54 Å². The molecule has 14 heavy (non-hydrogen) atoms. The number of aromatic nitrogens is 1. The van der Waals surface area contributed by atoms with Crippen LogP contribution >= 0.6 is 0 Å². The van der Waals surface area contributed by atoms with Gasteiger partial charge in [0.1, 0.15) is 0 Å². The molecule has 3 heteroatoms. The fraction of sp³-hybridized carbons (Fsp3) is 0.182. The van der Waals surface area contributed by atoms with E-state index < -0.39 is 0 Å². The lowest BCUT2D eigenvalue weighted by atomic mass is 10.1. The monoisotopic (exact) mass is 185 g/mol. The number of fused-ring (bicyclic) bond motifs is 3. The van der Waals surface area contributed by atoms with Crippen LogP contribution in [-0.4, -0.2) is 11.7 Å². The number of nitrogens with one attached hydrogen (secondary N) is 2. The predicted octanol–water partition coefficient (Wildman–Crippen LogP) is 1.71. The standard InChI is InChI=1S/C11H11N3/c1-2-9-10(13-5-1)4-3-8-6-12-7-14-11(8)9/h1-5,12,14H,6-7H2. The van der Waals surface area contributed by atoms with Gasteiger partial charge >= 0.3 is 0 Å². The average molecular weight is 185 g/mol. The Hall–Kier alpha value is -1.61. The Morgan fingerprint density at radius 2 is 2.21 bits per heavy atom. The molecule has 0 spiro atoms. The van der Waals surface area contributed by atoms with Gasteiger partial charge in [0.15, 0.2) is 0 Å². The second-order valence-corrected chi connectivity index (χ2v) is 3.45.